The zero-order valence-electron chi connectivity index (χ0n) is 15.4. The molecule has 0 saturated carbocycles. The second kappa shape index (κ2) is 10.5. The van der Waals surface area contributed by atoms with E-state index in [1.807, 2.05) is 24.3 Å². The van der Waals surface area contributed by atoms with Crippen LogP contribution >= 0.6 is 11.3 Å². The van der Waals surface area contributed by atoms with E-state index in [0.29, 0.717) is 18.4 Å². The molecule has 3 N–H and O–H groups in total. The lowest BCUT2D eigenvalue weighted by atomic mass is 10.1. The number of nitrogens with zero attached hydrogens (tertiary/aromatic N) is 1. The highest BCUT2D eigenvalue weighted by atomic mass is 32.1. The molecule has 2 rings (SSSR count). The molecule has 1 atom stereocenters. The van der Waals surface area contributed by atoms with Gasteiger partial charge in [-0.05, 0) is 46.0 Å². The first-order chi connectivity index (χ1) is 12.6. The fourth-order valence-electron chi connectivity index (χ4n) is 2.31. The van der Waals surface area contributed by atoms with E-state index in [-0.39, 0.29) is 12.5 Å². The van der Waals surface area contributed by atoms with E-state index in [2.05, 4.69) is 44.7 Å². The minimum absolute atomic E-state index is 0.0883. The molecule has 7 heteroatoms. The number of carbonyl (C=O) groups excluding carboxylic acids is 1. The van der Waals surface area contributed by atoms with Gasteiger partial charge in [-0.2, -0.15) is 11.3 Å². The molecule has 2 aromatic rings. The molecule has 0 radical (unpaired) electrons. The van der Waals surface area contributed by atoms with Gasteiger partial charge in [0.15, 0.2) is 5.96 Å². The van der Waals surface area contributed by atoms with E-state index in [9.17, 15) is 4.79 Å². The van der Waals surface area contributed by atoms with Crippen LogP contribution in [0, 0.1) is 0 Å². The van der Waals surface area contributed by atoms with E-state index in [0.717, 1.165) is 17.9 Å². The van der Waals surface area contributed by atoms with Crippen LogP contribution in [0.2, 0.25) is 0 Å². The summed E-state index contributed by atoms with van der Waals surface area (Å²) in [4.78, 5) is 16.2. The van der Waals surface area contributed by atoms with Crippen molar-refractivity contribution in [2.45, 2.75) is 19.4 Å². The lowest BCUT2D eigenvalue weighted by Gasteiger charge is -2.15. The maximum atomic E-state index is 12.0. The Morgan fingerprint density at radius 2 is 1.96 bits per heavy atom. The van der Waals surface area contributed by atoms with Crippen molar-refractivity contribution in [2.24, 2.45) is 4.99 Å². The van der Waals surface area contributed by atoms with Gasteiger partial charge in [-0.3, -0.25) is 9.79 Å². The molecule has 0 aliphatic heterocycles. The highest BCUT2D eigenvalue weighted by molar-refractivity contribution is 7.07. The first-order valence-electron chi connectivity index (χ1n) is 8.48. The molecular formula is C19H26N4O2S. The number of hydrogen-bond acceptors (Lipinski definition) is 4. The number of rotatable bonds is 8. The van der Waals surface area contributed by atoms with Crippen LogP contribution in [0.4, 0.5) is 0 Å². The normalized spacial score (nSPS) is 12.3. The van der Waals surface area contributed by atoms with Crippen LogP contribution < -0.4 is 20.7 Å². The highest BCUT2D eigenvalue weighted by Crippen LogP contribution is 2.16. The highest BCUT2D eigenvalue weighted by Gasteiger charge is 2.08. The summed E-state index contributed by atoms with van der Waals surface area (Å²) in [5.74, 6) is 1.71. The number of ether oxygens (including phenoxy) is 1. The molecule has 1 aromatic heterocycles. The number of hydrogen-bond donors (Lipinski definition) is 3. The first kappa shape index (κ1) is 19.8. The molecule has 1 amide bonds. The standard InChI is InChI=1S/C19H26N4O2S/c1-14(16-8-9-26-13-16)10-22-19(20-2)23-12-18(24)21-11-15-4-6-17(25-3)7-5-15/h4-9,13-14H,10-12H2,1-3H3,(H,21,24)(H2,20,22,23). The summed E-state index contributed by atoms with van der Waals surface area (Å²) in [7, 11) is 3.32. The summed E-state index contributed by atoms with van der Waals surface area (Å²) in [6, 6.07) is 9.73. The van der Waals surface area contributed by atoms with Gasteiger partial charge < -0.3 is 20.7 Å². The average Bonchev–Trinajstić information content (AvgIpc) is 3.21. The number of benzene rings is 1. The van der Waals surface area contributed by atoms with Gasteiger partial charge in [0.2, 0.25) is 5.91 Å². The van der Waals surface area contributed by atoms with Crippen LogP contribution in [0.5, 0.6) is 5.75 Å². The van der Waals surface area contributed by atoms with E-state index < -0.39 is 0 Å². The zero-order chi connectivity index (χ0) is 18.8. The molecule has 6 nitrogen and oxygen atoms in total. The van der Waals surface area contributed by atoms with Gasteiger partial charge in [0.25, 0.3) is 0 Å². The average molecular weight is 375 g/mol. The molecule has 0 aliphatic carbocycles. The van der Waals surface area contributed by atoms with Gasteiger partial charge in [0.05, 0.1) is 13.7 Å². The molecule has 1 heterocycles. The molecule has 0 spiro atoms. The predicted molar refractivity (Wildman–Crippen MR) is 107 cm³/mol. The lowest BCUT2D eigenvalue weighted by molar-refractivity contribution is -0.120. The third-order valence-electron chi connectivity index (χ3n) is 3.98. The van der Waals surface area contributed by atoms with E-state index in [4.69, 9.17) is 4.74 Å². The summed E-state index contributed by atoms with van der Waals surface area (Å²) >= 11 is 1.69. The fraction of sp³-hybridized carbons (Fsp3) is 0.368. The summed E-state index contributed by atoms with van der Waals surface area (Å²) < 4.78 is 5.12. The summed E-state index contributed by atoms with van der Waals surface area (Å²) in [5, 5.41) is 13.4. The third kappa shape index (κ3) is 6.40. The molecule has 0 aliphatic rings. The second-order valence-electron chi connectivity index (χ2n) is 5.89. The smallest absolute Gasteiger partial charge is 0.239 e. The number of methoxy groups -OCH3 is 1. The first-order valence-corrected chi connectivity index (χ1v) is 9.43. The van der Waals surface area contributed by atoms with Crippen LogP contribution in [0.1, 0.15) is 24.0 Å². The minimum Gasteiger partial charge on any atom is -0.497 e. The molecule has 1 aromatic carbocycles. The van der Waals surface area contributed by atoms with E-state index in [1.165, 1.54) is 5.56 Å². The largest absolute Gasteiger partial charge is 0.497 e. The molecule has 0 bridgehead atoms. The lowest BCUT2D eigenvalue weighted by Crippen LogP contribution is -2.43. The van der Waals surface area contributed by atoms with Gasteiger partial charge >= 0.3 is 0 Å². The van der Waals surface area contributed by atoms with Crippen LogP contribution in [0.3, 0.4) is 0 Å². The van der Waals surface area contributed by atoms with Crippen LogP contribution in [0.15, 0.2) is 46.1 Å². The third-order valence-corrected chi connectivity index (χ3v) is 4.68. The van der Waals surface area contributed by atoms with Gasteiger partial charge in [-0.15, -0.1) is 0 Å². The van der Waals surface area contributed by atoms with Crippen LogP contribution in [-0.4, -0.2) is 39.1 Å². The maximum Gasteiger partial charge on any atom is 0.239 e. The van der Waals surface area contributed by atoms with Gasteiger partial charge in [0.1, 0.15) is 5.75 Å². The minimum atomic E-state index is -0.0883. The number of guanidine groups is 1. The molecule has 0 saturated heterocycles. The quantitative estimate of drug-likeness (QED) is 0.490. The second-order valence-corrected chi connectivity index (χ2v) is 6.67. The Morgan fingerprint density at radius 1 is 1.19 bits per heavy atom. The summed E-state index contributed by atoms with van der Waals surface area (Å²) in [6.45, 7) is 3.56. The molecule has 0 fully saturated rings. The Bertz CT molecular complexity index is 699. The van der Waals surface area contributed by atoms with Gasteiger partial charge in [-0.1, -0.05) is 19.1 Å². The Morgan fingerprint density at radius 3 is 2.58 bits per heavy atom. The molecule has 1 unspecified atom stereocenters. The zero-order valence-corrected chi connectivity index (χ0v) is 16.2. The fourth-order valence-corrected chi connectivity index (χ4v) is 3.10. The van der Waals surface area contributed by atoms with Crippen molar-refractivity contribution >= 4 is 23.2 Å². The molecule has 140 valence electrons. The topological polar surface area (TPSA) is 74.8 Å². The number of thiophene rings is 1. The summed E-state index contributed by atoms with van der Waals surface area (Å²) in [5.41, 5.74) is 2.32. The maximum absolute atomic E-state index is 12.0. The van der Waals surface area contributed by atoms with E-state index in [1.54, 1.807) is 25.5 Å². The van der Waals surface area contributed by atoms with Gasteiger partial charge in [0, 0.05) is 20.1 Å². The van der Waals surface area contributed by atoms with Crippen molar-refractivity contribution in [3.05, 3.63) is 52.2 Å². The molecular weight excluding hydrogens is 348 g/mol. The SMILES string of the molecule is CN=C(NCC(=O)NCc1ccc(OC)cc1)NCC(C)c1ccsc1. The predicted octanol–water partition coefficient (Wildman–Crippen LogP) is 2.34. The van der Waals surface area contributed by atoms with Crippen LogP contribution in [-0.2, 0) is 11.3 Å². The Kier molecular flexibility index (Phi) is 7.95. The van der Waals surface area contributed by atoms with E-state index >= 15 is 0 Å². The van der Waals surface area contributed by atoms with Crippen molar-refractivity contribution in [3.8, 4) is 5.75 Å². The van der Waals surface area contributed by atoms with Crippen molar-refractivity contribution in [3.63, 3.8) is 0 Å². The molecule has 26 heavy (non-hydrogen) atoms. The van der Waals surface area contributed by atoms with Crippen molar-refractivity contribution in [2.75, 3.05) is 27.2 Å². The number of carbonyl (C=O) groups is 1. The van der Waals surface area contributed by atoms with Crippen molar-refractivity contribution < 1.29 is 9.53 Å². The summed E-state index contributed by atoms with van der Waals surface area (Å²) in [6.07, 6.45) is 0. The van der Waals surface area contributed by atoms with Crippen LogP contribution in [0.25, 0.3) is 0 Å². The Hall–Kier alpha value is -2.54. The number of amides is 1. The van der Waals surface area contributed by atoms with Crippen molar-refractivity contribution in [1.82, 2.24) is 16.0 Å². The van der Waals surface area contributed by atoms with Crippen molar-refractivity contribution in [1.29, 1.82) is 0 Å². The van der Waals surface area contributed by atoms with Gasteiger partial charge in [-0.25, -0.2) is 0 Å². The number of nitrogens with one attached hydrogen (secondary N) is 3. The monoisotopic (exact) mass is 374 g/mol. The number of aliphatic imine (C=N–C) groups is 1. The Labute approximate surface area is 158 Å². The Balaban J connectivity index is 1.69.